The van der Waals surface area contributed by atoms with Gasteiger partial charge in [0.1, 0.15) is 23.2 Å². The van der Waals surface area contributed by atoms with Crippen molar-refractivity contribution in [3.63, 3.8) is 0 Å². The molecule has 0 atom stereocenters. The highest BCUT2D eigenvalue weighted by Crippen LogP contribution is 2.40. The van der Waals surface area contributed by atoms with Crippen molar-refractivity contribution >= 4 is 29.0 Å². The van der Waals surface area contributed by atoms with E-state index in [-0.39, 0.29) is 22.8 Å². The summed E-state index contributed by atoms with van der Waals surface area (Å²) in [5.74, 6) is -1.94. The molecular weight excluding hydrogens is 450 g/mol. The highest BCUT2D eigenvalue weighted by atomic mass is 35.5. The van der Waals surface area contributed by atoms with Crippen molar-refractivity contribution in [3.05, 3.63) is 87.7 Å². The normalized spacial score (nSPS) is 11.2. The van der Waals surface area contributed by atoms with Crippen LogP contribution in [0.2, 0.25) is 5.02 Å². The van der Waals surface area contributed by atoms with Crippen LogP contribution in [-0.2, 0) is 6.18 Å². The number of halogens is 5. The van der Waals surface area contributed by atoms with Gasteiger partial charge >= 0.3 is 6.18 Å². The van der Waals surface area contributed by atoms with Crippen LogP contribution in [-0.4, -0.2) is 11.7 Å². The third-order valence-electron chi connectivity index (χ3n) is 4.41. The maximum atomic E-state index is 13.4. The van der Waals surface area contributed by atoms with Gasteiger partial charge in [-0.15, -0.1) is 0 Å². The summed E-state index contributed by atoms with van der Waals surface area (Å²) in [4.78, 5) is 12.9. The van der Waals surface area contributed by atoms with Gasteiger partial charge in [0.15, 0.2) is 0 Å². The Morgan fingerprint density at radius 1 is 1.09 bits per heavy atom. The van der Waals surface area contributed by atoms with E-state index in [9.17, 15) is 22.4 Å². The van der Waals surface area contributed by atoms with Gasteiger partial charge in [-0.3, -0.25) is 10.2 Å². The summed E-state index contributed by atoms with van der Waals surface area (Å²) in [7, 11) is 0. The quantitative estimate of drug-likeness (QED) is 0.240. The second-order valence-corrected chi connectivity index (χ2v) is 7.19. The van der Waals surface area contributed by atoms with Gasteiger partial charge < -0.3 is 15.8 Å². The van der Waals surface area contributed by atoms with Crippen LogP contribution in [0.3, 0.4) is 0 Å². The zero-order chi connectivity index (χ0) is 23.6. The van der Waals surface area contributed by atoms with Gasteiger partial charge in [-0.25, -0.2) is 4.39 Å². The third-order valence-corrected chi connectivity index (χ3v) is 4.72. The second kappa shape index (κ2) is 8.88. The monoisotopic (exact) mass is 465 g/mol. The molecule has 1 amide bonds. The minimum atomic E-state index is -4.79. The number of hydrogen-bond acceptors (Lipinski definition) is 3. The first-order valence-corrected chi connectivity index (χ1v) is 9.44. The minimum Gasteiger partial charge on any atom is -0.456 e. The Labute approximate surface area is 185 Å². The van der Waals surface area contributed by atoms with E-state index in [2.05, 4.69) is 5.32 Å². The van der Waals surface area contributed by atoms with E-state index in [0.717, 1.165) is 18.2 Å². The summed E-state index contributed by atoms with van der Waals surface area (Å²) in [5.41, 5.74) is 4.87. The van der Waals surface area contributed by atoms with E-state index in [4.69, 9.17) is 27.5 Å². The van der Waals surface area contributed by atoms with Gasteiger partial charge in [0.25, 0.3) is 5.91 Å². The zero-order valence-corrected chi connectivity index (χ0v) is 17.2. The van der Waals surface area contributed by atoms with Crippen LogP contribution >= 0.6 is 11.6 Å². The van der Waals surface area contributed by atoms with E-state index >= 15 is 0 Å². The summed E-state index contributed by atoms with van der Waals surface area (Å²) in [6.07, 6.45) is -4.79. The molecule has 3 aromatic carbocycles. The Balaban J connectivity index is 2.05. The molecular formula is C22H16ClF4N3O2. The lowest BCUT2D eigenvalue weighted by Crippen LogP contribution is -2.16. The average molecular weight is 466 g/mol. The van der Waals surface area contributed by atoms with Crippen LogP contribution in [0.15, 0.2) is 54.6 Å². The fraction of sp³-hybridized carbons (Fsp3) is 0.0909. The van der Waals surface area contributed by atoms with Crippen molar-refractivity contribution in [2.24, 2.45) is 5.73 Å². The Morgan fingerprint density at radius 3 is 2.44 bits per heavy atom. The van der Waals surface area contributed by atoms with Crippen LogP contribution in [0, 0.1) is 18.2 Å². The molecule has 0 heterocycles. The fourth-order valence-corrected chi connectivity index (χ4v) is 3.11. The van der Waals surface area contributed by atoms with E-state index in [1.54, 1.807) is 12.1 Å². The SMILES string of the molecule is Cc1cc(F)ccc1Oc1cc(C(F)(F)F)c(Cl)cc1C(=O)Nc1cccc(C(=N)N)c1. The molecule has 0 bridgehead atoms. The number of hydrogen-bond donors (Lipinski definition) is 3. The van der Waals surface area contributed by atoms with Crippen molar-refractivity contribution in [3.8, 4) is 11.5 Å². The number of alkyl halides is 3. The number of amides is 1. The van der Waals surface area contributed by atoms with Crippen LogP contribution in [0.5, 0.6) is 11.5 Å². The van der Waals surface area contributed by atoms with Crippen molar-refractivity contribution in [2.45, 2.75) is 13.1 Å². The zero-order valence-electron chi connectivity index (χ0n) is 16.5. The molecule has 3 aromatic rings. The van der Waals surface area contributed by atoms with Gasteiger partial charge in [-0.05, 0) is 55.0 Å². The Kier molecular flexibility index (Phi) is 6.40. The van der Waals surface area contributed by atoms with Crippen molar-refractivity contribution < 1.29 is 27.1 Å². The molecule has 0 fully saturated rings. The molecule has 0 aliphatic rings. The summed E-state index contributed by atoms with van der Waals surface area (Å²) in [6.45, 7) is 1.51. The smallest absolute Gasteiger partial charge is 0.417 e. The molecule has 0 aliphatic heterocycles. The summed E-state index contributed by atoms with van der Waals surface area (Å²) < 4.78 is 59.1. The van der Waals surface area contributed by atoms with Crippen molar-refractivity contribution in [2.75, 3.05) is 5.32 Å². The van der Waals surface area contributed by atoms with Crippen LogP contribution in [0.25, 0.3) is 0 Å². The molecule has 166 valence electrons. The number of benzene rings is 3. The Hall–Kier alpha value is -3.59. The minimum absolute atomic E-state index is 0.0643. The van der Waals surface area contributed by atoms with Gasteiger partial charge in [-0.1, -0.05) is 23.7 Å². The molecule has 10 heteroatoms. The summed E-state index contributed by atoms with van der Waals surface area (Å²) in [6, 6.07) is 11.0. The maximum absolute atomic E-state index is 13.4. The summed E-state index contributed by atoms with van der Waals surface area (Å²) in [5, 5.41) is 9.30. The number of nitrogen functional groups attached to an aromatic ring is 1. The standard InChI is InChI=1S/C22H16ClF4N3O2/c1-11-7-13(24)5-6-18(11)32-19-10-16(22(25,26)27)17(23)9-15(19)21(31)30-14-4-2-3-12(8-14)20(28)29/h2-10H,1H3,(H3,28,29)(H,30,31). The van der Waals surface area contributed by atoms with Gasteiger partial charge in [0, 0.05) is 11.3 Å². The molecule has 0 unspecified atom stereocenters. The number of ether oxygens (including phenoxy) is 1. The molecule has 0 radical (unpaired) electrons. The summed E-state index contributed by atoms with van der Waals surface area (Å²) >= 11 is 5.81. The van der Waals surface area contributed by atoms with E-state index in [0.29, 0.717) is 17.2 Å². The molecule has 0 saturated carbocycles. The van der Waals surface area contributed by atoms with Crippen molar-refractivity contribution in [1.29, 1.82) is 5.41 Å². The molecule has 3 rings (SSSR count). The van der Waals surface area contributed by atoms with E-state index in [1.807, 2.05) is 0 Å². The molecule has 0 aliphatic carbocycles. The van der Waals surface area contributed by atoms with Crippen molar-refractivity contribution in [1.82, 2.24) is 0 Å². The molecule has 5 nitrogen and oxygen atoms in total. The van der Waals surface area contributed by atoms with Crippen LogP contribution in [0.4, 0.5) is 23.2 Å². The molecule has 4 N–H and O–H groups in total. The number of nitrogens with one attached hydrogen (secondary N) is 2. The number of carbonyl (C=O) groups is 1. The molecule has 32 heavy (non-hydrogen) atoms. The first-order chi connectivity index (χ1) is 15.0. The fourth-order valence-electron chi connectivity index (χ4n) is 2.84. The topological polar surface area (TPSA) is 88.2 Å². The number of aryl methyl sites for hydroxylation is 1. The van der Waals surface area contributed by atoms with E-state index < -0.39 is 34.2 Å². The first kappa shape index (κ1) is 23.1. The van der Waals surface area contributed by atoms with Crippen LogP contribution in [0.1, 0.15) is 27.0 Å². The highest BCUT2D eigenvalue weighted by molar-refractivity contribution is 6.32. The number of carbonyl (C=O) groups excluding carboxylic acids is 1. The lowest BCUT2D eigenvalue weighted by atomic mass is 10.1. The van der Waals surface area contributed by atoms with E-state index in [1.165, 1.54) is 25.1 Å². The maximum Gasteiger partial charge on any atom is 0.417 e. The third kappa shape index (κ3) is 5.17. The second-order valence-electron chi connectivity index (χ2n) is 6.79. The van der Waals surface area contributed by atoms with Gasteiger partial charge in [0.2, 0.25) is 0 Å². The molecule has 0 saturated heterocycles. The number of amidine groups is 1. The lowest BCUT2D eigenvalue weighted by Gasteiger charge is -2.17. The van der Waals surface area contributed by atoms with Gasteiger partial charge in [0.05, 0.1) is 16.1 Å². The Bertz CT molecular complexity index is 1210. The number of rotatable bonds is 5. The lowest BCUT2D eigenvalue weighted by molar-refractivity contribution is -0.137. The average Bonchev–Trinajstić information content (AvgIpc) is 2.70. The van der Waals surface area contributed by atoms with Crippen LogP contribution < -0.4 is 15.8 Å². The van der Waals surface area contributed by atoms with Gasteiger partial charge in [-0.2, -0.15) is 13.2 Å². The molecule has 0 spiro atoms. The number of anilines is 1. The molecule has 0 aromatic heterocycles. The Morgan fingerprint density at radius 2 is 1.81 bits per heavy atom. The first-order valence-electron chi connectivity index (χ1n) is 9.06. The number of nitrogens with two attached hydrogens (primary N) is 1. The predicted octanol–water partition coefficient (Wildman–Crippen LogP) is 6.13. The highest BCUT2D eigenvalue weighted by Gasteiger charge is 2.35. The predicted molar refractivity (Wildman–Crippen MR) is 113 cm³/mol. The largest absolute Gasteiger partial charge is 0.456 e.